The van der Waals surface area contributed by atoms with Gasteiger partial charge in [-0.05, 0) is 37.5 Å². The Bertz CT molecular complexity index is 407. The van der Waals surface area contributed by atoms with Gasteiger partial charge in [0, 0.05) is 6.04 Å². The minimum absolute atomic E-state index is 0.252. The Labute approximate surface area is 115 Å². The molecule has 8 heteroatoms. The van der Waals surface area contributed by atoms with Gasteiger partial charge < -0.3 is 11.1 Å². The molecule has 100 valence electrons. The van der Waals surface area contributed by atoms with Gasteiger partial charge in [-0.2, -0.15) is 0 Å². The maximum absolute atomic E-state index is 11.2. The molecular weight excluding hydrogens is 274 g/mol. The molecule has 0 unspecified atom stereocenters. The number of primary amides is 1. The lowest BCUT2D eigenvalue weighted by Crippen LogP contribution is -2.46. The van der Waals surface area contributed by atoms with E-state index in [0.717, 1.165) is 30.9 Å². The summed E-state index contributed by atoms with van der Waals surface area (Å²) >= 11 is 7.10. The maximum atomic E-state index is 11.2. The second-order valence-corrected chi connectivity index (χ2v) is 5.95. The largest absolute Gasteiger partial charge is 0.369 e. The fourth-order valence-electron chi connectivity index (χ4n) is 2.16. The van der Waals surface area contributed by atoms with Crippen LogP contribution in [-0.4, -0.2) is 46.7 Å². The quantitative estimate of drug-likeness (QED) is 0.811. The van der Waals surface area contributed by atoms with Crippen molar-refractivity contribution in [1.82, 2.24) is 20.4 Å². The summed E-state index contributed by atoms with van der Waals surface area (Å²) in [7, 11) is 0. The number of hydrogen-bond donors (Lipinski definition) is 2. The monoisotopic (exact) mass is 289 g/mol. The topological polar surface area (TPSA) is 84.1 Å². The van der Waals surface area contributed by atoms with Crippen LogP contribution >= 0.6 is 22.9 Å². The van der Waals surface area contributed by atoms with Crippen LogP contribution in [0.3, 0.4) is 0 Å². The van der Waals surface area contributed by atoms with E-state index in [-0.39, 0.29) is 12.5 Å². The summed E-state index contributed by atoms with van der Waals surface area (Å²) in [4.78, 5) is 13.2. The van der Waals surface area contributed by atoms with Crippen molar-refractivity contribution in [3.8, 4) is 0 Å². The summed E-state index contributed by atoms with van der Waals surface area (Å²) in [5.74, 6) is -0.316. The molecular formula is C10H16ClN5OS. The molecule has 18 heavy (non-hydrogen) atoms. The van der Waals surface area contributed by atoms with Crippen LogP contribution in [-0.2, 0) is 11.3 Å². The average Bonchev–Trinajstić information content (AvgIpc) is 2.75. The van der Waals surface area contributed by atoms with E-state index in [4.69, 9.17) is 17.3 Å². The lowest BCUT2D eigenvalue weighted by molar-refractivity contribution is -0.120. The van der Waals surface area contributed by atoms with Gasteiger partial charge in [0.25, 0.3) is 0 Å². The molecule has 0 bridgehead atoms. The normalized spacial score (nSPS) is 17.2. The molecule has 2 rings (SSSR count). The molecule has 0 spiro atoms. The van der Waals surface area contributed by atoms with E-state index in [1.54, 1.807) is 0 Å². The van der Waals surface area contributed by atoms with Gasteiger partial charge >= 0.3 is 0 Å². The Balaban J connectivity index is 2.01. The van der Waals surface area contributed by atoms with E-state index in [2.05, 4.69) is 20.4 Å². The van der Waals surface area contributed by atoms with Crippen LogP contribution in [0.4, 0.5) is 0 Å². The summed E-state index contributed by atoms with van der Waals surface area (Å²) in [5, 5.41) is 11.9. The number of carbonyl (C=O) groups excluding carboxylic acids is 1. The highest BCUT2D eigenvalue weighted by molar-refractivity contribution is 7.15. The molecule has 1 amide bonds. The minimum Gasteiger partial charge on any atom is -0.369 e. The van der Waals surface area contributed by atoms with Crippen molar-refractivity contribution in [3.63, 3.8) is 0 Å². The van der Waals surface area contributed by atoms with Crippen LogP contribution in [0.25, 0.3) is 0 Å². The van der Waals surface area contributed by atoms with Crippen LogP contribution in [0, 0.1) is 0 Å². The second-order valence-electron chi connectivity index (χ2n) is 4.30. The zero-order valence-corrected chi connectivity index (χ0v) is 11.5. The third-order valence-corrected chi connectivity index (χ3v) is 3.97. The summed E-state index contributed by atoms with van der Waals surface area (Å²) in [5.41, 5.74) is 5.30. The average molecular weight is 290 g/mol. The number of nitrogens with one attached hydrogen (secondary N) is 1. The van der Waals surface area contributed by atoms with Gasteiger partial charge in [0.05, 0.1) is 13.1 Å². The second kappa shape index (κ2) is 6.42. The number of halogens is 1. The van der Waals surface area contributed by atoms with Crippen LogP contribution in [0.15, 0.2) is 0 Å². The summed E-state index contributed by atoms with van der Waals surface area (Å²) < 4.78 is 0.425. The van der Waals surface area contributed by atoms with Crippen molar-refractivity contribution in [3.05, 3.63) is 9.47 Å². The first-order chi connectivity index (χ1) is 8.65. The predicted molar refractivity (Wildman–Crippen MR) is 70.4 cm³/mol. The van der Waals surface area contributed by atoms with Gasteiger partial charge in [0.2, 0.25) is 10.4 Å². The smallest absolute Gasteiger partial charge is 0.231 e. The summed E-state index contributed by atoms with van der Waals surface area (Å²) in [6.45, 7) is 2.77. The van der Waals surface area contributed by atoms with Crippen molar-refractivity contribution in [2.75, 3.05) is 19.6 Å². The van der Waals surface area contributed by atoms with E-state index >= 15 is 0 Å². The Morgan fingerprint density at radius 3 is 2.78 bits per heavy atom. The van der Waals surface area contributed by atoms with Crippen LogP contribution in [0.2, 0.25) is 4.47 Å². The Morgan fingerprint density at radius 1 is 1.50 bits per heavy atom. The molecule has 1 aromatic rings. The molecule has 1 aromatic heterocycles. The first kappa shape index (κ1) is 13.7. The highest BCUT2D eigenvalue weighted by atomic mass is 35.5. The Kier molecular flexibility index (Phi) is 4.87. The number of piperidine rings is 1. The van der Waals surface area contributed by atoms with Gasteiger partial charge in [-0.25, -0.2) is 0 Å². The van der Waals surface area contributed by atoms with Crippen molar-refractivity contribution < 1.29 is 4.79 Å². The molecule has 0 atom stereocenters. The van der Waals surface area contributed by atoms with Crippen molar-refractivity contribution >= 4 is 28.8 Å². The summed E-state index contributed by atoms with van der Waals surface area (Å²) in [6.07, 6.45) is 2.03. The van der Waals surface area contributed by atoms with Crippen molar-refractivity contribution in [1.29, 1.82) is 0 Å². The first-order valence-electron chi connectivity index (χ1n) is 5.86. The molecule has 1 fully saturated rings. The number of nitrogens with two attached hydrogens (primary N) is 1. The molecule has 1 aliphatic rings. The zero-order chi connectivity index (χ0) is 13.0. The zero-order valence-electron chi connectivity index (χ0n) is 9.93. The molecule has 3 N–H and O–H groups in total. The molecule has 0 radical (unpaired) electrons. The summed E-state index contributed by atoms with van der Waals surface area (Å²) in [6, 6.07) is 0.362. The van der Waals surface area contributed by atoms with E-state index in [1.165, 1.54) is 11.3 Å². The van der Waals surface area contributed by atoms with Crippen molar-refractivity contribution in [2.24, 2.45) is 5.73 Å². The van der Waals surface area contributed by atoms with Crippen molar-refractivity contribution in [2.45, 2.75) is 25.4 Å². The van der Waals surface area contributed by atoms with E-state index in [9.17, 15) is 4.79 Å². The van der Waals surface area contributed by atoms with Crippen LogP contribution < -0.4 is 11.1 Å². The molecule has 1 aliphatic heterocycles. The van der Waals surface area contributed by atoms with Crippen LogP contribution in [0.1, 0.15) is 17.8 Å². The molecule has 0 saturated carbocycles. The van der Waals surface area contributed by atoms with E-state index in [1.807, 2.05) is 0 Å². The highest BCUT2D eigenvalue weighted by Gasteiger charge is 2.23. The van der Waals surface area contributed by atoms with Gasteiger partial charge in [-0.1, -0.05) is 11.3 Å². The number of hydrogen-bond acceptors (Lipinski definition) is 6. The fraction of sp³-hybridized carbons (Fsp3) is 0.700. The number of rotatable bonds is 5. The lowest BCUT2D eigenvalue weighted by Gasteiger charge is -2.33. The molecule has 6 nitrogen and oxygen atoms in total. The van der Waals surface area contributed by atoms with Crippen LogP contribution in [0.5, 0.6) is 0 Å². The lowest BCUT2D eigenvalue weighted by atomic mass is 10.0. The van der Waals surface area contributed by atoms with E-state index < -0.39 is 0 Å². The Morgan fingerprint density at radius 2 is 2.22 bits per heavy atom. The van der Waals surface area contributed by atoms with Gasteiger partial charge in [0.1, 0.15) is 5.01 Å². The molecule has 0 aromatic carbocycles. The highest BCUT2D eigenvalue weighted by Crippen LogP contribution is 2.20. The standard InChI is InChI=1S/C10H16ClN5OS/c11-10-15-14-9(18-10)6-16(5-8(12)17)7-1-3-13-4-2-7/h7,13H,1-6H2,(H2,12,17). The molecule has 0 aliphatic carbocycles. The third kappa shape index (κ3) is 3.88. The fourth-order valence-corrected chi connectivity index (χ4v) is 3.05. The number of amides is 1. The first-order valence-corrected chi connectivity index (χ1v) is 7.05. The number of nitrogens with zero attached hydrogens (tertiary/aromatic N) is 3. The van der Waals surface area contributed by atoms with Gasteiger partial charge in [-0.15, -0.1) is 10.2 Å². The maximum Gasteiger partial charge on any atom is 0.231 e. The predicted octanol–water partition coefficient (Wildman–Crippen LogP) is 0.231. The molecule has 1 saturated heterocycles. The number of carbonyl (C=O) groups is 1. The molecule has 2 heterocycles. The SMILES string of the molecule is NC(=O)CN(Cc1nnc(Cl)s1)C1CCNCC1. The number of aromatic nitrogens is 2. The van der Waals surface area contributed by atoms with Gasteiger partial charge in [0.15, 0.2) is 0 Å². The third-order valence-electron chi connectivity index (χ3n) is 2.96. The van der Waals surface area contributed by atoms with Gasteiger partial charge in [-0.3, -0.25) is 9.69 Å². The van der Waals surface area contributed by atoms with E-state index in [0.29, 0.717) is 17.1 Å². The Hall–Kier alpha value is -0.760. The minimum atomic E-state index is -0.316.